The monoisotopic (exact) mass is 914 g/mol. The van der Waals surface area contributed by atoms with Crippen LogP contribution in [0.25, 0.3) is 0 Å². The molecule has 0 unspecified atom stereocenters. The fourth-order valence-electron chi connectivity index (χ4n) is 6.47. The Balaban J connectivity index is 0.000000181. The summed E-state index contributed by atoms with van der Waals surface area (Å²) in [6, 6.07) is 26.9. The molecule has 4 aromatic carbocycles. The van der Waals surface area contributed by atoms with Crippen molar-refractivity contribution in [1.29, 1.82) is 0 Å². The summed E-state index contributed by atoms with van der Waals surface area (Å²) in [5.41, 5.74) is 8.10. The van der Waals surface area contributed by atoms with E-state index in [1.54, 1.807) is 37.2 Å². The molecule has 59 heavy (non-hydrogen) atoms. The van der Waals surface area contributed by atoms with E-state index in [2.05, 4.69) is 57.0 Å². The summed E-state index contributed by atoms with van der Waals surface area (Å²) in [6.07, 6.45) is 6.97. The van der Waals surface area contributed by atoms with Crippen LogP contribution in [0.1, 0.15) is 27.9 Å². The normalized spacial score (nSPS) is 15.5. The third-order valence-corrected chi connectivity index (χ3v) is 11.6. The van der Waals surface area contributed by atoms with E-state index in [1.165, 1.54) is 11.1 Å². The third kappa shape index (κ3) is 10.7. The van der Waals surface area contributed by atoms with Crippen molar-refractivity contribution in [2.75, 3.05) is 26.4 Å². The van der Waals surface area contributed by atoms with Crippen LogP contribution in [0.4, 0.5) is 0 Å². The molecule has 8 rings (SSSR count). The first kappa shape index (κ1) is 42.7. The van der Waals surface area contributed by atoms with Crippen molar-refractivity contribution in [3.8, 4) is 34.5 Å². The Hall–Kier alpha value is -4.42. The van der Waals surface area contributed by atoms with Crippen molar-refractivity contribution in [2.24, 2.45) is 0 Å². The maximum atomic E-state index is 6.70. The van der Waals surface area contributed by atoms with Gasteiger partial charge >= 0.3 is 0 Å². The standard InChI is InChI=1S/C25H27ClN2O3Si.C20H18BrClN2O3/c1-19-5-7-21(8-6-19)31-22-9-10-23(24(26)15-22)25(29-12-13-30-25)17-28-18-27-16-20(28)11-14-32(2,3)4;1-14-2-4-15(5-3-14)27-16-6-7-17(18(22)10-16)20(25-8-9-26-20)12-24-13-23-11-19(24)21/h5-10,15-16,18H,12-13,17H2,1-4H3;2-7,10-11,13H,8-9,12H2,1H3. The highest BCUT2D eigenvalue weighted by Crippen LogP contribution is 2.41. The minimum Gasteiger partial charge on any atom is -0.457 e. The number of hydrogen-bond acceptors (Lipinski definition) is 8. The largest absolute Gasteiger partial charge is 0.457 e. The summed E-state index contributed by atoms with van der Waals surface area (Å²) in [5, 5.41) is 1.05. The molecule has 2 saturated heterocycles. The summed E-state index contributed by atoms with van der Waals surface area (Å²) in [6.45, 7) is 13.5. The molecule has 0 atom stereocenters. The second-order valence-electron chi connectivity index (χ2n) is 15.3. The Labute approximate surface area is 364 Å². The number of ether oxygens (including phenoxy) is 6. The van der Waals surface area contributed by atoms with E-state index in [9.17, 15) is 0 Å². The van der Waals surface area contributed by atoms with E-state index in [-0.39, 0.29) is 0 Å². The highest BCUT2D eigenvalue weighted by Gasteiger charge is 2.42. The SMILES string of the molecule is Cc1ccc(Oc2ccc(C3(Cn4cncc4Br)OCCO3)c(Cl)c2)cc1.Cc1ccc(Oc2ccc(C3(Cn4cncc4C#C[Si](C)(C)C)OCCO3)c(Cl)c2)cc1. The molecule has 2 fully saturated rings. The van der Waals surface area contributed by atoms with Gasteiger partial charge in [-0.15, -0.1) is 5.54 Å². The lowest BCUT2D eigenvalue weighted by atomic mass is 10.0. The molecular weight excluding hydrogens is 871 g/mol. The van der Waals surface area contributed by atoms with Crippen molar-refractivity contribution in [1.82, 2.24) is 19.1 Å². The lowest BCUT2D eigenvalue weighted by Gasteiger charge is -2.29. The van der Waals surface area contributed by atoms with Crippen molar-refractivity contribution in [3.63, 3.8) is 0 Å². The van der Waals surface area contributed by atoms with Crippen molar-refractivity contribution < 1.29 is 28.4 Å². The van der Waals surface area contributed by atoms with E-state index in [1.807, 2.05) is 95.8 Å². The van der Waals surface area contributed by atoms with E-state index in [0.29, 0.717) is 61.1 Å². The summed E-state index contributed by atoms with van der Waals surface area (Å²) in [5.74, 6) is 4.14. The van der Waals surface area contributed by atoms with Crippen LogP contribution < -0.4 is 9.47 Å². The zero-order chi connectivity index (χ0) is 41.6. The first-order chi connectivity index (χ1) is 28.3. The summed E-state index contributed by atoms with van der Waals surface area (Å²) in [7, 11) is -1.51. The highest BCUT2D eigenvalue weighted by atomic mass is 79.9. The Morgan fingerprint density at radius 1 is 0.644 bits per heavy atom. The Kier molecular flexibility index (Phi) is 13.4. The molecule has 0 amide bonds. The molecule has 2 aliphatic rings. The smallest absolute Gasteiger partial charge is 0.215 e. The summed E-state index contributed by atoms with van der Waals surface area (Å²) >= 11 is 16.8. The van der Waals surface area contributed by atoms with Gasteiger partial charge in [-0.3, -0.25) is 0 Å². The maximum Gasteiger partial charge on any atom is 0.215 e. The number of aryl methyl sites for hydroxylation is 2. The van der Waals surface area contributed by atoms with Gasteiger partial charge in [-0.05, 0) is 90.4 Å². The zero-order valence-corrected chi connectivity index (χ0v) is 37.6. The van der Waals surface area contributed by atoms with Crippen LogP contribution in [-0.4, -0.2) is 53.6 Å². The van der Waals surface area contributed by atoms with Gasteiger partial charge in [-0.1, -0.05) is 84.2 Å². The van der Waals surface area contributed by atoms with Gasteiger partial charge in [0.1, 0.15) is 41.4 Å². The van der Waals surface area contributed by atoms with Crippen LogP contribution in [0, 0.1) is 25.3 Å². The average molecular weight is 917 g/mol. The van der Waals surface area contributed by atoms with Gasteiger partial charge < -0.3 is 37.6 Å². The van der Waals surface area contributed by atoms with Gasteiger partial charge in [-0.25, -0.2) is 9.97 Å². The highest BCUT2D eigenvalue weighted by molar-refractivity contribution is 9.10. The number of halogens is 3. The molecule has 4 heterocycles. The van der Waals surface area contributed by atoms with Crippen LogP contribution in [0.3, 0.4) is 0 Å². The number of benzene rings is 4. The second kappa shape index (κ2) is 18.5. The molecule has 0 radical (unpaired) electrons. The molecule has 0 N–H and O–H groups in total. The fraction of sp³-hybridized carbons (Fsp3) is 0.289. The maximum absolute atomic E-state index is 6.70. The minimum absolute atomic E-state index is 0.403. The van der Waals surface area contributed by atoms with E-state index in [4.69, 9.17) is 51.6 Å². The molecule has 2 aromatic heterocycles. The Morgan fingerprint density at radius 2 is 1.07 bits per heavy atom. The van der Waals surface area contributed by atoms with Crippen LogP contribution in [0.2, 0.25) is 29.7 Å². The average Bonchev–Trinajstić information content (AvgIpc) is 4.04. The lowest BCUT2D eigenvalue weighted by molar-refractivity contribution is -0.176. The van der Waals surface area contributed by atoms with Crippen molar-refractivity contribution in [2.45, 2.75) is 58.2 Å². The zero-order valence-electron chi connectivity index (χ0n) is 33.5. The second-order valence-corrected chi connectivity index (χ2v) is 21.6. The predicted molar refractivity (Wildman–Crippen MR) is 235 cm³/mol. The van der Waals surface area contributed by atoms with E-state index >= 15 is 0 Å². The van der Waals surface area contributed by atoms with Gasteiger partial charge in [0, 0.05) is 11.1 Å². The van der Waals surface area contributed by atoms with Gasteiger partial charge in [0.05, 0.1) is 74.6 Å². The topological polar surface area (TPSA) is 91.0 Å². The Morgan fingerprint density at radius 3 is 1.49 bits per heavy atom. The van der Waals surface area contributed by atoms with E-state index in [0.717, 1.165) is 32.9 Å². The van der Waals surface area contributed by atoms with Crippen LogP contribution in [0.15, 0.2) is 115 Å². The van der Waals surface area contributed by atoms with Gasteiger partial charge in [0.15, 0.2) is 0 Å². The quantitative estimate of drug-likeness (QED) is 0.0991. The Bertz CT molecular complexity index is 2430. The summed E-state index contributed by atoms with van der Waals surface area (Å²) < 4.78 is 40.8. The van der Waals surface area contributed by atoms with Crippen LogP contribution in [0.5, 0.6) is 23.0 Å². The molecule has 306 valence electrons. The van der Waals surface area contributed by atoms with Gasteiger partial charge in [-0.2, -0.15) is 0 Å². The number of imidazole rings is 2. The van der Waals surface area contributed by atoms with Crippen LogP contribution >= 0.6 is 39.1 Å². The molecule has 0 bridgehead atoms. The molecule has 6 aromatic rings. The molecule has 0 saturated carbocycles. The predicted octanol–water partition coefficient (Wildman–Crippen LogP) is 11.1. The number of aromatic nitrogens is 4. The molecule has 0 spiro atoms. The molecule has 14 heteroatoms. The summed E-state index contributed by atoms with van der Waals surface area (Å²) in [4.78, 5) is 8.42. The number of hydrogen-bond donors (Lipinski definition) is 0. The van der Waals surface area contributed by atoms with Crippen LogP contribution in [-0.2, 0) is 43.6 Å². The molecule has 10 nitrogen and oxygen atoms in total. The molecule has 2 aliphatic heterocycles. The van der Waals surface area contributed by atoms with Gasteiger partial charge in [0.2, 0.25) is 11.6 Å². The molecular formula is C45H45BrCl2N4O6Si. The van der Waals surface area contributed by atoms with Gasteiger partial charge in [0.25, 0.3) is 0 Å². The first-order valence-corrected chi connectivity index (χ1v) is 24.2. The molecule has 0 aliphatic carbocycles. The lowest BCUT2D eigenvalue weighted by Crippen LogP contribution is -2.33. The third-order valence-electron chi connectivity index (χ3n) is 9.42. The number of rotatable bonds is 10. The first-order valence-electron chi connectivity index (χ1n) is 19.1. The number of nitrogens with zero attached hydrogens (tertiary/aromatic N) is 4. The fourth-order valence-corrected chi connectivity index (χ4v) is 7.93. The van der Waals surface area contributed by atoms with E-state index < -0.39 is 19.6 Å². The van der Waals surface area contributed by atoms with Crippen molar-refractivity contribution in [3.05, 3.63) is 153 Å². The van der Waals surface area contributed by atoms with Crippen molar-refractivity contribution >= 4 is 47.2 Å². The minimum atomic E-state index is -1.51.